The summed E-state index contributed by atoms with van der Waals surface area (Å²) in [7, 11) is 0. The van der Waals surface area contributed by atoms with E-state index in [0.29, 0.717) is 11.4 Å². The Bertz CT molecular complexity index is 1170. The van der Waals surface area contributed by atoms with Crippen LogP contribution in [-0.4, -0.2) is 34.9 Å². The second-order valence-electron chi connectivity index (χ2n) is 6.30. The molecule has 4 rings (SSSR count). The lowest BCUT2D eigenvalue weighted by Gasteiger charge is -2.09. The zero-order valence-electron chi connectivity index (χ0n) is 15.6. The molecule has 0 aliphatic rings. The molecule has 29 heavy (non-hydrogen) atoms. The molecule has 148 valence electrons. The number of thiazole rings is 1. The summed E-state index contributed by atoms with van der Waals surface area (Å²) >= 11 is 3.21. The van der Waals surface area contributed by atoms with E-state index < -0.39 is 0 Å². The van der Waals surface area contributed by atoms with E-state index in [1.807, 2.05) is 24.4 Å². The van der Waals surface area contributed by atoms with Crippen molar-refractivity contribution in [3.63, 3.8) is 0 Å². The van der Waals surface area contributed by atoms with Gasteiger partial charge in [-0.15, -0.1) is 22.7 Å². The van der Waals surface area contributed by atoms with Crippen molar-refractivity contribution in [1.29, 1.82) is 0 Å². The van der Waals surface area contributed by atoms with Crippen LogP contribution >= 0.6 is 22.7 Å². The van der Waals surface area contributed by atoms with Crippen molar-refractivity contribution in [2.24, 2.45) is 0 Å². The highest BCUT2D eigenvalue weighted by Crippen LogP contribution is 2.38. The smallest absolute Gasteiger partial charge is 0.257 e. The van der Waals surface area contributed by atoms with Crippen LogP contribution in [0.4, 0.5) is 5.69 Å². The van der Waals surface area contributed by atoms with Gasteiger partial charge in [0.05, 0.1) is 31.8 Å². The molecule has 0 saturated heterocycles. The van der Waals surface area contributed by atoms with Gasteiger partial charge in [-0.1, -0.05) is 0 Å². The number of thiophene rings is 1. The highest BCUT2D eigenvalue weighted by atomic mass is 32.1. The molecule has 3 heterocycles. The summed E-state index contributed by atoms with van der Waals surface area (Å²) in [5.41, 5.74) is 1.61. The zero-order chi connectivity index (χ0) is 20.2. The van der Waals surface area contributed by atoms with Gasteiger partial charge in [-0.3, -0.25) is 14.6 Å². The van der Waals surface area contributed by atoms with Crippen LogP contribution in [0.1, 0.15) is 11.4 Å². The first-order valence-electron chi connectivity index (χ1n) is 8.97. The van der Waals surface area contributed by atoms with Crippen molar-refractivity contribution < 1.29 is 14.3 Å². The molecule has 0 radical (unpaired) electrons. The fraction of sp³-hybridized carbons (Fsp3) is 0.200. The maximum Gasteiger partial charge on any atom is 0.257 e. The van der Waals surface area contributed by atoms with Crippen molar-refractivity contribution in [1.82, 2.24) is 15.3 Å². The molecule has 0 atom stereocenters. The lowest BCUT2D eigenvalue weighted by molar-refractivity contribution is -0.123. The summed E-state index contributed by atoms with van der Waals surface area (Å²) in [5, 5.41) is 9.37. The maximum absolute atomic E-state index is 12.1. The number of aryl methyl sites for hydroxylation is 1. The summed E-state index contributed by atoms with van der Waals surface area (Å²) in [6.45, 7) is 2.09. The largest absolute Gasteiger partial charge is 0.483 e. The fourth-order valence-electron chi connectivity index (χ4n) is 2.88. The zero-order valence-corrected chi connectivity index (χ0v) is 17.2. The van der Waals surface area contributed by atoms with Crippen LogP contribution in [-0.2, 0) is 9.59 Å². The average Bonchev–Trinajstić information content (AvgIpc) is 3.32. The predicted octanol–water partition coefficient (Wildman–Crippen LogP) is 3.74. The van der Waals surface area contributed by atoms with E-state index in [0.717, 1.165) is 25.3 Å². The quantitative estimate of drug-likeness (QED) is 0.470. The second kappa shape index (κ2) is 8.54. The van der Waals surface area contributed by atoms with E-state index in [2.05, 4.69) is 20.6 Å². The van der Waals surface area contributed by atoms with Crippen molar-refractivity contribution in [3.8, 4) is 5.75 Å². The molecule has 0 aliphatic carbocycles. The average molecular weight is 427 g/mol. The van der Waals surface area contributed by atoms with Crippen LogP contribution in [0.5, 0.6) is 5.75 Å². The monoisotopic (exact) mass is 426 g/mol. The highest BCUT2D eigenvalue weighted by molar-refractivity contribution is 7.21. The minimum Gasteiger partial charge on any atom is -0.483 e. The van der Waals surface area contributed by atoms with Gasteiger partial charge in [-0.05, 0) is 30.5 Å². The van der Waals surface area contributed by atoms with Gasteiger partial charge in [0.25, 0.3) is 5.91 Å². The predicted molar refractivity (Wildman–Crippen MR) is 116 cm³/mol. The van der Waals surface area contributed by atoms with Crippen LogP contribution < -0.4 is 15.4 Å². The number of hydrogen-bond acceptors (Lipinski definition) is 7. The fourth-order valence-corrected chi connectivity index (χ4v) is 4.71. The maximum atomic E-state index is 12.1. The highest BCUT2D eigenvalue weighted by Gasteiger charge is 2.13. The normalized spacial score (nSPS) is 10.9. The molecule has 4 aromatic rings. The third-order valence-electron chi connectivity index (χ3n) is 4.15. The van der Waals surface area contributed by atoms with Gasteiger partial charge in [0.2, 0.25) is 5.91 Å². The number of ether oxygens (including phenoxy) is 1. The molecule has 0 spiro atoms. The number of hydrogen-bond donors (Lipinski definition) is 2. The van der Waals surface area contributed by atoms with Crippen LogP contribution in [0.15, 0.2) is 42.0 Å². The molecule has 9 heteroatoms. The van der Waals surface area contributed by atoms with E-state index in [1.165, 1.54) is 0 Å². The van der Waals surface area contributed by atoms with Gasteiger partial charge >= 0.3 is 0 Å². The molecule has 0 fully saturated rings. The van der Waals surface area contributed by atoms with E-state index in [-0.39, 0.29) is 31.4 Å². The summed E-state index contributed by atoms with van der Waals surface area (Å²) in [6, 6.07) is 7.40. The molecule has 2 N–H and O–H groups in total. The molecule has 1 aromatic carbocycles. The van der Waals surface area contributed by atoms with Crippen molar-refractivity contribution in [2.45, 2.75) is 13.3 Å². The van der Waals surface area contributed by atoms with Gasteiger partial charge in [-0.25, -0.2) is 4.98 Å². The standard InChI is InChI=1S/C20H18N4O3S2/c1-12-23-19-16(29-12)9-15(14-5-8-28-20(14)19)27-11-18(26)22-7-4-17(25)24-13-3-2-6-21-10-13/h2-3,5-6,8-10H,4,7,11H2,1H3,(H,22,26)(H,24,25). The summed E-state index contributed by atoms with van der Waals surface area (Å²) in [5.74, 6) is 0.204. The lowest BCUT2D eigenvalue weighted by Crippen LogP contribution is -2.31. The SMILES string of the molecule is Cc1nc2c(cc(OCC(=O)NCCC(=O)Nc3cccnc3)c3ccsc32)s1. The van der Waals surface area contributed by atoms with Crippen molar-refractivity contribution in [2.75, 3.05) is 18.5 Å². The van der Waals surface area contributed by atoms with Gasteiger partial charge in [-0.2, -0.15) is 0 Å². The Kier molecular flexibility index (Phi) is 5.68. The van der Waals surface area contributed by atoms with Gasteiger partial charge in [0, 0.05) is 30.6 Å². The number of nitrogens with one attached hydrogen (secondary N) is 2. The summed E-state index contributed by atoms with van der Waals surface area (Å²) < 4.78 is 7.88. The molecular formula is C20H18N4O3S2. The number of benzene rings is 1. The van der Waals surface area contributed by atoms with Crippen molar-refractivity contribution >= 4 is 60.5 Å². The van der Waals surface area contributed by atoms with E-state index in [9.17, 15) is 9.59 Å². The number of carbonyl (C=O) groups excluding carboxylic acids is 2. The van der Waals surface area contributed by atoms with Crippen LogP contribution in [0, 0.1) is 6.92 Å². The Labute approximate surface area is 174 Å². The summed E-state index contributed by atoms with van der Waals surface area (Å²) in [6.07, 6.45) is 3.37. The van der Waals surface area contributed by atoms with Crippen LogP contribution in [0.25, 0.3) is 20.3 Å². The number of fused-ring (bicyclic) bond motifs is 3. The first-order valence-corrected chi connectivity index (χ1v) is 10.7. The summed E-state index contributed by atoms with van der Waals surface area (Å²) in [4.78, 5) is 32.5. The molecule has 7 nitrogen and oxygen atoms in total. The van der Waals surface area contributed by atoms with E-state index in [1.54, 1.807) is 47.2 Å². The molecule has 3 aromatic heterocycles. The van der Waals surface area contributed by atoms with Crippen molar-refractivity contribution in [3.05, 3.63) is 47.0 Å². The Hall–Kier alpha value is -3.04. The lowest BCUT2D eigenvalue weighted by atomic mass is 10.2. The topological polar surface area (TPSA) is 93.2 Å². The number of amides is 2. The Morgan fingerprint density at radius 2 is 2.14 bits per heavy atom. The third kappa shape index (κ3) is 4.52. The number of pyridine rings is 1. The first kappa shape index (κ1) is 19.3. The molecule has 0 unspecified atom stereocenters. The number of anilines is 1. The Morgan fingerprint density at radius 1 is 1.24 bits per heavy atom. The van der Waals surface area contributed by atoms with Crippen LogP contribution in [0.3, 0.4) is 0 Å². The Balaban J connectivity index is 1.30. The number of carbonyl (C=O) groups is 2. The number of rotatable bonds is 7. The van der Waals surface area contributed by atoms with E-state index in [4.69, 9.17) is 4.74 Å². The molecular weight excluding hydrogens is 408 g/mol. The first-order chi connectivity index (χ1) is 14.1. The number of nitrogens with zero attached hydrogens (tertiary/aromatic N) is 2. The van der Waals surface area contributed by atoms with E-state index >= 15 is 0 Å². The molecule has 0 aliphatic heterocycles. The molecule has 0 saturated carbocycles. The number of aromatic nitrogens is 2. The van der Waals surface area contributed by atoms with Gasteiger partial charge in [0.15, 0.2) is 6.61 Å². The van der Waals surface area contributed by atoms with Gasteiger partial charge in [0.1, 0.15) is 5.75 Å². The Morgan fingerprint density at radius 3 is 2.97 bits per heavy atom. The minimum absolute atomic E-state index is 0.113. The molecule has 2 amide bonds. The third-order valence-corrected chi connectivity index (χ3v) is 5.99. The van der Waals surface area contributed by atoms with Crippen LogP contribution in [0.2, 0.25) is 0 Å². The molecule has 0 bridgehead atoms. The second-order valence-corrected chi connectivity index (χ2v) is 8.45. The van der Waals surface area contributed by atoms with Gasteiger partial charge < -0.3 is 15.4 Å². The minimum atomic E-state index is -0.275.